The van der Waals surface area contributed by atoms with E-state index in [0.717, 1.165) is 37.8 Å². The molecule has 0 spiro atoms. The van der Waals surface area contributed by atoms with E-state index in [2.05, 4.69) is 9.80 Å². The van der Waals surface area contributed by atoms with Crippen LogP contribution in [0.5, 0.6) is 0 Å². The van der Waals surface area contributed by atoms with Gasteiger partial charge in [-0.05, 0) is 25.7 Å². The van der Waals surface area contributed by atoms with E-state index in [1.165, 1.54) is 25.7 Å². The first-order chi connectivity index (χ1) is 9.18. The fourth-order valence-electron chi connectivity index (χ4n) is 2.81. The largest absolute Gasteiger partial charge is 0.396 e. The van der Waals surface area contributed by atoms with Crippen LogP contribution in [-0.4, -0.2) is 31.2 Å². The van der Waals surface area contributed by atoms with Gasteiger partial charge in [-0.25, -0.2) is 4.98 Å². The molecule has 0 atom stereocenters. The second kappa shape index (κ2) is 5.25. The Labute approximate surface area is 123 Å². The van der Waals surface area contributed by atoms with Crippen molar-refractivity contribution in [1.82, 2.24) is 4.98 Å². The molecular weight excluding hydrogens is 283 g/mol. The summed E-state index contributed by atoms with van der Waals surface area (Å²) in [7, 11) is 0. The molecule has 0 aliphatic carbocycles. The molecule has 3 rings (SSSR count). The van der Waals surface area contributed by atoms with E-state index in [1.807, 2.05) is 0 Å². The molecule has 104 valence electrons. The summed E-state index contributed by atoms with van der Waals surface area (Å²) in [5.41, 5.74) is 6.52. The lowest BCUT2D eigenvalue weighted by atomic mass is 10.3. The topological polar surface area (TPSA) is 45.4 Å². The number of aromatic nitrogens is 1. The number of anilines is 3. The monoisotopic (exact) mass is 300 g/mol. The molecule has 0 radical (unpaired) electrons. The van der Waals surface area contributed by atoms with Crippen LogP contribution in [0, 0.1) is 0 Å². The second-order valence-electron chi connectivity index (χ2n) is 5.19. The first-order valence-electron chi connectivity index (χ1n) is 6.83. The summed E-state index contributed by atoms with van der Waals surface area (Å²) in [4.78, 5) is 9.11. The number of rotatable bonds is 2. The molecule has 0 amide bonds. The molecule has 6 heteroatoms. The smallest absolute Gasteiger partial charge is 0.152 e. The average Bonchev–Trinajstić information content (AvgIpc) is 3.08. The fourth-order valence-corrected chi connectivity index (χ4v) is 3.37. The molecule has 1 aromatic heterocycles. The Bertz CT molecular complexity index is 440. The minimum absolute atomic E-state index is 0.460. The van der Waals surface area contributed by atoms with Crippen LogP contribution < -0.4 is 15.5 Å². The Morgan fingerprint density at radius 2 is 1.16 bits per heavy atom. The van der Waals surface area contributed by atoms with Crippen molar-refractivity contribution in [3.05, 3.63) is 10.0 Å². The van der Waals surface area contributed by atoms with Gasteiger partial charge in [-0.1, -0.05) is 23.2 Å². The van der Waals surface area contributed by atoms with Gasteiger partial charge in [0.15, 0.2) is 11.6 Å². The van der Waals surface area contributed by atoms with Crippen LogP contribution in [0.3, 0.4) is 0 Å². The molecule has 2 N–H and O–H groups in total. The Morgan fingerprint density at radius 1 is 0.789 bits per heavy atom. The van der Waals surface area contributed by atoms with E-state index >= 15 is 0 Å². The highest BCUT2D eigenvalue weighted by Gasteiger charge is 2.25. The maximum absolute atomic E-state index is 6.33. The molecule has 3 heterocycles. The van der Waals surface area contributed by atoms with Gasteiger partial charge in [0.05, 0.1) is 5.69 Å². The molecule has 0 bridgehead atoms. The number of halogens is 2. The first-order valence-corrected chi connectivity index (χ1v) is 7.58. The summed E-state index contributed by atoms with van der Waals surface area (Å²) in [6.45, 7) is 3.97. The molecular formula is C13H18Cl2N4. The zero-order chi connectivity index (χ0) is 13.4. The quantitative estimate of drug-likeness (QED) is 0.911. The molecule has 4 nitrogen and oxygen atoms in total. The van der Waals surface area contributed by atoms with Gasteiger partial charge >= 0.3 is 0 Å². The average molecular weight is 301 g/mol. The van der Waals surface area contributed by atoms with E-state index < -0.39 is 0 Å². The number of nitrogens with zero attached hydrogens (tertiary/aromatic N) is 3. The molecule has 0 saturated carbocycles. The molecule has 1 aromatic rings. The second-order valence-corrected chi connectivity index (χ2v) is 5.94. The van der Waals surface area contributed by atoms with E-state index in [0.29, 0.717) is 15.7 Å². The number of hydrogen-bond acceptors (Lipinski definition) is 4. The maximum Gasteiger partial charge on any atom is 0.152 e. The van der Waals surface area contributed by atoms with Crippen molar-refractivity contribution in [2.24, 2.45) is 0 Å². The third kappa shape index (κ3) is 2.32. The highest BCUT2D eigenvalue weighted by molar-refractivity contribution is 6.41. The number of hydrogen-bond donors (Lipinski definition) is 1. The fraction of sp³-hybridized carbons (Fsp3) is 0.615. The van der Waals surface area contributed by atoms with Crippen LogP contribution in [-0.2, 0) is 0 Å². The van der Waals surface area contributed by atoms with Crippen LogP contribution in [0.1, 0.15) is 25.7 Å². The van der Waals surface area contributed by atoms with Crippen LogP contribution in [0.2, 0.25) is 10.0 Å². The summed E-state index contributed by atoms with van der Waals surface area (Å²) < 4.78 is 0. The lowest BCUT2D eigenvalue weighted by Gasteiger charge is -2.24. The number of nitrogen functional groups attached to an aromatic ring is 1. The van der Waals surface area contributed by atoms with Gasteiger partial charge in [-0.15, -0.1) is 0 Å². The molecule has 2 aliphatic rings. The number of pyridine rings is 1. The molecule has 0 aromatic carbocycles. The van der Waals surface area contributed by atoms with Crippen molar-refractivity contribution in [1.29, 1.82) is 0 Å². The Balaban J connectivity index is 2.03. The lowest BCUT2D eigenvalue weighted by Crippen LogP contribution is -2.24. The Kier molecular flexibility index (Phi) is 3.63. The zero-order valence-electron chi connectivity index (χ0n) is 10.8. The molecule has 19 heavy (non-hydrogen) atoms. The lowest BCUT2D eigenvalue weighted by molar-refractivity contribution is 0.902. The van der Waals surface area contributed by atoms with E-state index in [9.17, 15) is 0 Å². The summed E-state index contributed by atoms with van der Waals surface area (Å²) >= 11 is 12.7. The van der Waals surface area contributed by atoms with E-state index in [-0.39, 0.29) is 0 Å². The van der Waals surface area contributed by atoms with Crippen LogP contribution in [0.15, 0.2) is 0 Å². The van der Waals surface area contributed by atoms with E-state index in [4.69, 9.17) is 33.9 Å². The van der Waals surface area contributed by atoms with Crippen molar-refractivity contribution in [2.75, 3.05) is 41.7 Å². The van der Waals surface area contributed by atoms with Crippen molar-refractivity contribution < 1.29 is 0 Å². The van der Waals surface area contributed by atoms with Gasteiger partial charge in [0.1, 0.15) is 10.0 Å². The van der Waals surface area contributed by atoms with Crippen molar-refractivity contribution in [3.8, 4) is 0 Å². The predicted octanol–water partition coefficient (Wildman–Crippen LogP) is 3.17. The third-order valence-electron chi connectivity index (χ3n) is 3.89. The maximum atomic E-state index is 6.33. The Hall–Kier alpha value is -0.870. The first kappa shape index (κ1) is 13.1. The predicted molar refractivity (Wildman–Crippen MR) is 81.6 cm³/mol. The summed E-state index contributed by atoms with van der Waals surface area (Å²) in [5, 5.41) is 0.990. The van der Waals surface area contributed by atoms with Crippen LogP contribution in [0.4, 0.5) is 17.3 Å². The Morgan fingerprint density at radius 3 is 1.53 bits per heavy atom. The minimum atomic E-state index is 0.460. The van der Waals surface area contributed by atoms with Crippen molar-refractivity contribution in [3.63, 3.8) is 0 Å². The van der Waals surface area contributed by atoms with Gasteiger partial charge in [0, 0.05) is 26.2 Å². The van der Waals surface area contributed by atoms with Gasteiger partial charge in [0.2, 0.25) is 0 Å². The highest BCUT2D eigenvalue weighted by atomic mass is 35.5. The van der Waals surface area contributed by atoms with Gasteiger partial charge in [0.25, 0.3) is 0 Å². The van der Waals surface area contributed by atoms with Gasteiger partial charge in [-0.3, -0.25) is 0 Å². The molecule has 2 aliphatic heterocycles. The van der Waals surface area contributed by atoms with Crippen LogP contribution >= 0.6 is 23.2 Å². The highest BCUT2D eigenvalue weighted by Crippen LogP contribution is 2.41. The minimum Gasteiger partial charge on any atom is -0.396 e. The molecule has 2 saturated heterocycles. The third-order valence-corrected chi connectivity index (χ3v) is 4.63. The molecule has 2 fully saturated rings. The van der Waals surface area contributed by atoms with Crippen LogP contribution in [0.25, 0.3) is 0 Å². The standard InChI is InChI=1S/C13H18Cl2N4/c14-9-11(16)10(15)13(19-7-3-4-8-19)17-12(9)18-5-1-2-6-18/h1-8H2,(H2,16,17). The molecule has 0 unspecified atom stereocenters. The number of nitrogens with two attached hydrogens (primary N) is 1. The van der Waals surface area contributed by atoms with Crippen molar-refractivity contribution in [2.45, 2.75) is 25.7 Å². The van der Waals surface area contributed by atoms with E-state index in [1.54, 1.807) is 0 Å². The van der Waals surface area contributed by atoms with Crippen molar-refractivity contribution >= 4 is 40.5 Å². The summed E-state index contributed by atoms with van der Waals surface area (Å²) in [5.74, 6) is 1.59. The summed E-state index contributed by atoms with van der Waals surface area (Å²) in [6.07, 6.45) is 4.72. The van der Waals surface area contributed by atoms with Gasteiger partial charge < -0.3 is 15.5 Å². The zero-order valence-corrected chi connectivity index (χ0v) is 12.3. The SMILES string of the molecule is Nc1c(Cl)c(N2CCCC2)nc(N2CCCC2)c1Cl. The normalized spacial score (nSPS) is 19.5. The van der Waals surface area contributed by atoms with Gasteiger partial charge in [-0.2, -0.15) is 0 Å². The summed E-state index contributed by atoms with van der Waals surface area (Å²) in [6, 6.07) is 0.